The van der Waals surface area contributed by atoms with Crippen LogP contribution < -0.4 is 20.1 Å². The molecule has 0 radical (unpaired) electrons. The first kappa shape index (κ1) is 27.7. The van der Waals surface area contributed by atoms with Gasteiger partial charge in [0.25, 0.3) is 0 Å². The molecule has 5 aromatic rings. The summed E-state index contributed by atoms with van der Waals surface area (Å²) in [4.78, 5) is 48.1. The average Bonchev–Trinajstić information content (AvgIpc) is 3.54. The van der Waals surface area contributed by atoms with Gasteiger partial charge in [0, 0.05) is 35.3 Å². The van der Waals surface area contributed by atoms with E-state index < -0.39 is 24.0 Å². The molecule has 3 N–H and O–H groups in total. The predicted octanol–water partition coefficient (Wildman–Crippen LogP) is 5.61. The fraction of sp³-hybridized carbons (Fsp3) is 0.200. The van der Waals surface area contributed by atoms with Crippen LogP contribution in [0.2, 0.25) is 0 Å². The number of ether oxygens (including phenoxy) is 3. The fourth-order valence-corrected chi connectivity index (χ4v) is 5.59. The summed E-state index contributed by atoms with van der Waals surface area (Å²) >= 11 is 1.09. The lowest BCUT2D eigenvalue weighted by atomic mass is 10.0. The van der Waals surface area contributed by atoms with Gasteiger partial charge in [0.05, 0.1) is 24.8 Å². The van der Waals surface area contributed by atoms with E-state index in [0.29, 0.717) is 27.4 Å². The number of aryl methyl sites for hydroxylation is 1. The van der Waals surface area contributed by atoms with Gasteiger partial charge in [0.2, 0.25) is 5.91 Å². The normalized spacial score (nSPS) is 11.7. The van der Waals surface area contributed by atoms with Gasteiger partial charge in [-0.25, -0.2) is 14.6 Å². The number of aromatic nitrogens is 2. The summed E-state index contributed by atoms with van der Waals surface area (Å²) in [5.74, 6) is -0.390. The molecule has 0 spiro atoms. The maximum atomic E-state index is 13.9. The van der Waals surface area contributed by atoms with E-state index in [1.54, 1.807) is 49.5 Å². The summed E-state index contributed by atoms with van der Waals surface area (Å²) in [6, 6.07) is 16.9. The zero-order chi connectivity index (χ0) is 28.9. The van der Waals surface area contributed by atoms with E-state index >= 15 is 0 Å². The van der Waals surface area contributed by atoms with E-state index in [1.807, 2.05) is 31.2 Å². The number of thiophene rings is 1. The van der Waals surface area contributed by atoms with Gasteiger partial charge in [-0.2, -0.15) is 0 Å². The molecular formula is C30H28N4O6S. The van der Waals surface area contributed by atoms with Crippen molar-refractivity contribution in [1.29, 1.82) is 0 Å². The Morgan fingerprint density at radius 2 is 1.83 bits per heavy atom. The molecule has 210 valence electrons. The molecule has 0 aliphatic rings. The molecule has 1 atom stereocenters. The predicted molar refractivity (Wildman–Crippen MR) is 157 cm³/mol. The molecule has 2 aromatic carbocycles. The molecule has 0 saturated carbocycles. The molecule has 2 amide bonds. The molecule has 41 heavy (non-hydrogen) atoms. The van der Waals surface area contributed by atoms with Crippen LogP contribution >= 0.6 is 11.3 Å². The van der Waals surface area contributed by atoms with Crippen molar-refractivity contribution in [1.82, 2.24) is 15.3 Å². The largest absolute Gasteiger partial charge is 0.496 e. The maximum Gasteiger partial charge on any atom is 0.413 e. The summed E-state index contributed by atoms with van der Waals surface area (Å²) in [5, 5.41) is 6.95. The van der Waals surface area contributed by atoms with E-state index in [9.17, 15) is 14.4 Å². The molecule has 0 saturated heterocycles. The highest BCUT2D eigenvalue weighted by Crippen LogP contribution is 2.41. The second-order valence-electron chi connectivity index (χ2n) is 9.13. The number of benzene rings is 2. The number of carbonyl (C=O) groups is 3. The Bertz CT molecular complexity index is 1730. The van der Waals surface area contributed by atoms with Crippen LogP contribution in [0.3, 0.4) is 0 Å². The van der Waals surface area contributed by atoms with E-state index in [0.717, 1.165) is 27.8 Å². The quantitative estimate of drug-likeness (QED) is 0.196. The number of aromatic amines is 1. The first-order chi connectivity index (χ1) is 19.9. The topological polar surface area (TPSA) is 132 Å². The highest BCUT2D eigenvalue weighted by atomic mass is 32.1. The number of nitrogens with one attached hydrogen (secondary N) is 3. The van der Waals surface area contributed by atoms with E-state index in [2.05, 4.69) is 20.6 Å². The van der Waals surface area contributed by atoms with Gasteiger partial charge in [-0.05, 0) is 37.6 Å². The number of hydrogen-bond acceptors (Lipinski definition) is 8. The second kappa shape index (κ2) is 12.1. The van der Waals surface area contributed by atoms with E-state index in [1.165, 1.54) is 7.11 Å². The number of fused-ring (bicyclic) bond motifs is 2. The summed E-state index contributed by atoms with van der Waals surface area (Å²) in [5.41, 5.74) is 2.61. The second-order valence-corrected chi connectivity index (χ2v) is 10.1. The summed E-state index contributed by atoms with van der Waals surface area (Å²) in [7, 11) is 1.50. The van der Waals surface area contributed by atoms with Crippen molar-refractivity contribution in [2.75, 3.05) is 19.0 Å². The third-order valence-corrected chi connectivity index (χ3v) is 7.41. The van der Waals surface area contributed by atoms with Crippen molar-refractivity contribution in [3.8, 4) is 11.5 Å². The minimum Gasteiger partial charge on any atom is -0.496 e. The lowest BCUT2D eigenvalue weighted by Gasteiger charge is -2.19. The van der Waals surface area contributed by atoms with Crippen molar-refractivity contribution in [3.05, 3.63) is 83.0 Å². The minimum atomic E-state index is -1.07. The molecule has 0 unspecified atom stereocenters. The molecule has 0 aliphatic carbocycles. The first-order valence-electron chi connectivity index (χ1n) is 12.9. The number of hydrogen-bond donors (Lipinski definition) is 3. The molecule has 11 heteroatoms. The maximum absolute atomic E-state index is 13.9. The Kier molecular flexibility index (Phi) is 8.16. The third-order valence-electron chi connectivity index (χ3n) is 6.34. The Morgan fingerprint density at radius 3 is 2.59 bits per heavy atom. The standard InChI is InChI=1S/C30H28N4O6S/c1-4-39-29(36)26-25(24-23(38-3)14-17(2)32-28(24)41-26)34-27(35)22(33-30(37)40-19-10-6-5-7-11-19)15-18-16-31-21-13-9-8-12-20(18)21/h5-14,16,22,31H,4,15H2,1-3H3,(H,33,37)(H,34,35)/t22-/m1/s1. The summed E-state index contributed by atoms with van der Waals surface area (Å²) in [6.45, 7) is 3.66. The number of pyridine rings is 1. The number of H-pyrrole nitrogens is 1. The number of rotatable bonds is 9. The van der Waals surface area contributed by atoms with Gasteiger partial charge in [-0.1, -0.05) is 36.4 Å². The van der Waals surface area contributed by atoms with Gasteiger partial charge in [0.15, 0.2) is 0 Å². The van der Waals surface area contributed by atoms with Crippen molar-refractivity contribution < 1.29 is 28.6 Å². The SMILES string of the molecule is CCOC(=O)c1sc2nc(C)cc(OC)c2c1NC(=O)[C@@H](Cc1c[nH]c2ccccc12)NC(=O)Oc1ccccc1. The molecule has 5 rings (SSSR count). The zero-order valence-corrected chi connectivity index (χ0v) is 23.5. The number of amides is 2. The minimum absolute atomic E-state index is 0.144. The number of para-hydroxylation sites is 2. The molecular weight excluding hydrogens is 544 g/mol. The fourth-order valence-electron chi connectivity index (χ4n) is 4.51. The monoisotopic (exact) mass is 572 g/mol. The molecule has 3 heterocycles. The summed E-state index contributed by atoms with van der Waals surface area (Å²) in [6.07, 6.45) is 1.15. The van der Waals surface area contributed by atoms with E-state index in [-0.39, 0.29) is 23.6 Å². The van der Waals surface area contributed by atoms with Crippen LogP contribution in [-0.4, -0.2) is 47.7 Å². The van der Waals surface area contributed by atoms with Gasteiger partial charge in [-0.3, -0.25) is 4.79 Å². The lowest BCUT2D eigenvalue weighted by Crippen LogP contribution is -2.46. The van der Waals surface area contributed by atoms with Crippen molar-refractivity contribution in [2.45, 2.75) is 26.3 Å². The van der Waals surface area contributed by atoms with Crippen LogP contribution in [0, 0.1) is 6.92 Å². The van der Waals surface area contributed by atoms with Crippen molar-refractivity contribution in [3.63, 3.8) is 0 Å². The van der Waals surface area contributed by atoms with E-state index in [4.69, 9.17) is 14.2 Å². The van der Waals surface area contributed by atoms with Gasteiger partial charge >= 0.3 is 12.1 Å². The molecule has 0 fully saturated rings. The van der Waals surface area contributed by atoms with Crippen molar-refractivity contribution >= 4 is 56.1 Å². The number of methoxy groups -OCH3 is 1. The number of carbonyl (C=O) groups excluding carboxylic acids is 3. The third kappa shape index (κ3) is 5.99. The van der Waals surface area contributed by atoms with Gasteiger partial charge in [-0.15, -0.1) is 11.3 Å². The Hall–Kier alpha value is -4.90. The highest BCUT2D eigenvalue weighted by Gasteiger charge is 2.29. The van der Waals surface area contributed by atoms with Gasteiger partial charge in [0.1, 0.15) is 27.2 Å². The van der Waals surface area contributed by atoms with Crippen LogP contribution in [0.1, 0.15) is 27.9 Å². The van der Waals surface area contributed by atoms with Gasteiger partial charge < -0.3 is 29.8 Å². The number of nitrogens with zero attached hydrogens (tertiary/aromatic N) is 1. The van der Waals surface area contributed by atoms with Crippen LogP contribution in [0.25, 0.3) is 21.1 Å². The molecule has 10 nitrogen and oxygen atoms in total. The first-order valence-corrected chi connectivity index (χ1v) is 13.7. The molecule has 0 aliphatic heterocycles. The highest BCUT2D eigenvalue weighted by molar-refractivity contribution is 7.21. The number of esters is 1. The van der Waals surface area contributed by atoms with Crippen LogP contribution in [0.4, 0.5) is 10.5 Å². The zero-order valence-electron chi connectivity index (χ0n) is 22.6. The van der Waals surface area contributed by atoms with Crippen LogP contribution in [0.5, 0.6) is 11.5 Å². The summed E-state index contributed by atoms with van der Waals surface area (Å²) < 4.78 is 16.3. The molecule has 0 bridgehead atoms. The van der Waals surface area contributed by atoms with Crippen LogP contribution in [-0.2, 0) is 16.0 Å². The lowest BCUT2D eigenvalue weighted by molar-refractivity contribution is -0.118. The Labute approximate surface area is 239 Å². The number of anilines is 1. The average molecular weight is 573 g/mol. The van der Waals surface area contributed by atoms with Crippen molar-refractivity contribution in [2.24, 2.45) is 0 Å². The smallest absolute Gasteiger partial charge is 0.413 e. The molecule has 3 aromatic heterocycles. The Morgan fingerprint density at radius 1 is 1.07 bits per heavy atom. The van der Waals surface area contributed by atoms with Crippen LogP contribution in [0.15, 0.2) is 66.9 Å². The Balaban J connectivity index is 1.51.